The highest BCUT2D eigenvalue weighted by Crippen LogP contribution is 2.45. The molecule has 114 valence electrons. The van der Waals surface area contributed by atoms with Crippen LogP contribution in [-0.4, -0.2) is 11.6 Å². The minimum atomic E-state index is -0.449. The second-order valence-corrected chi connectivity index (χ2v) is 7.56. The van der Waals surface area contributed by atoms with Crippen LogP contribution in [0.3, 0.4) is 0 Å². The lowest BCUT2D eigenvalue weighted by Crippen LogP contribution is -2.41. The Balaban J connectivity index is 1.91. The minimum Gasteiger partial charge on any atom is -0.300 e. The predicted molar refractivity (Wildman–Crippen MR) is 85.1 cm³/mol. The average molecular weight is 286 g/mol. The molecule has 1 unspecified atom stereocenters. The van der Waals surface area contributed by atoms with Crippen LogP contribution in [0.15, 0.2) is 30.3 Å². The van der Waals surface area contributed by atoms with Gasteiger partial charge in [-0.25, -0.2) is 0 Å². The molecule has 0 bridgehead atoms. The molecule has 0 spiro atoms. The van der Waals surface area contributed by atoms with E-state index in [1.807, 2.05) is 25.1 Å². The van der Waals surface area contributed by atoms with E-state index in [1.54, 1.807) is 0 Å². The largest absolute Gasteiger partial charge is 0.300 e. The lowest BCUT2D eigenvalue weighted by atomic mass is 9.62. The van der Waals surface area contributed by atoms with E-state index in [4.69, 9.17) is 0 Å². The number of carbonyl (C=O) groups is 2. The van der Waals surface area contributed by atoms with Gasteiger partial charge in [-0.15, -0.1) is 0 Å². The van der Waals surface area contributed by atoms with Crippen molar-refractivity contribution in [3.8, 4) is 0 Å². The number of rotatable bonds is 5. The smallest absolute Gasteiger partial charge is 0.139 e. The average Bonchev–Trinajstić information content (AvgIpc) is 2.37. The molecule has 0 heterocycles. The zero-order chi connectivity index (χ0) is 15.5. The van der Waals surface area contributed by atoms with Crippen LogP contribution < -0.4 is 0 Å². The zero-order valence-electron chi connectivity index (χ0n) is 13.4. The third-order valence-electron chi connectivity index (χ3n) is 4.52. The topological polar surface area (TPSA) is 34.1 Å². The Labute approximate surface area is 127 Å². The summed E-state index contributed by atoms with van der Waals surface area (Å²) in [6.07, 6.45) is 4.25. The Morgan fingerprint density at radius 2 is 1.76 bits per heavy atom. The molecule has 2 nitrogen and oxygen atoms in total. The third kappa shape index (κ3) is 4.26. The molecule has 1 aliphatic rings. The van der Waals surface area contributed by atoms with Crippen molar-refractivity contribution in [3.05, 3.63) is 35.9 Å². The first kappa shape index (κ1) is 15.9. The summed E-state index contributed by atoms with van der Waals surface area (Å²) in [7, 11) is 0. The molecule has 0 amide bonds. The van der Waals surface area contributed by atoms with Gasteiger partial charge in [0.2, 0.25) is 0 Å². The molecular formula is C19H26O2. The third-order valence-corrected chi connectivity index (χ3v) is 4.52. The predicted octanol–water partition coefficient (Wildman–Crippen LogP) is 4.36. The van der Waals surface area contributed by atoms with Crippen LogP contribution in [0.1, 0.15) is 58.4 Å². The molecule has 1 fully saturated rings. The molecular weight excluding hydrogens is 260 g/mol. The van der Waals surface area contributed by atoms with Gasteiger partial charge in [0.05, 0.1) is 0 Å². The molecule has 2 heteroatoms. The van der Waals surface area contributed by atoms with Gasteiger partial charge in [-0.2, -0.15) is 0 Å². The van der Waals surface area contributed by atoms with Crippen LogP contribution in [0, 0.1) is 10.8 Å². The highest BCUT2D eigenvalue weighted by molar-refractivity contribution is 5.92. The van der Waals surface area contributed by atoms with E-state index < -0.39 is 5.41 Å². The molecule has 21 heavy (non-hydrogen) atoms. The number of carbonyl (C=O) groups excluding carboxylic acids is 2. The van der Waals surface area contributed by atoms with Crippen LogP contribution >= 0.6 is 0 Å². The van der Waals surface area contributed by atoms with Gasteiger partial charge in [-0.1, -0.05) is 51.1 Å². The summed E-state index contributed by atoms with van der Waals surface area (Å²) >= 11 is 0. The highest BCUT2D eigenvalue weighted by Gasteiger charge is 2.44. The summed E-state index contributed by atoms with van der Waals surface area (Å²) in [5.41, 5.74) is 0.782. The highest BCUT2D eigenvalue weighted by atomic mass is 16.1. The normalized spacial score (nSPS) is 24.8. The van der Waals surface area contributed by atoms with Crippen LogP contribution in [0.2, 0.25) is 0 Å². The summed E-state index contributed by atoms with van der Waals surface area (Å²) in [6, 6.07) is 10.3. The quantitative estimate of drug-likeness (QED) is 0.805. The molecule has 1 aliphatic carbocycles. The SMILES string of the molecule is CC1(C)CC(=O)CC(C)(C(=O)CCCc2ccccc2)C1. The number of aryl methyl sites for hydroxylation is 1. The van der Waals surface area contributed by atoms with Gasteiger partial charge in [0.25, 0.3) is 0 Å². The molecule has 1 saturated carbocycles. The second-order valence-electron chi connectivity index (χ2n) is 7.56. The Kier molecular flexibility index (Phi) is 4.65. The van der Waals surface area contributed by atoms with Crippen molar-refractivity contribution in [2.75, 3.05) is 0 Å². The molecule has 1 aromatic carbocycles. The Morgan fingerprint density at radius 1 is 1.10 bits per heavy atom. The number of hydrogen-bond acceptors (Lipinski definition) is 2. The first-order valence-corrected chi connectivity index (χ1v) is 7.90. The zero-order valence-corrected chi connectivity index (χ0v) is 13.4. The number of ketones is 2. The second kappa shape index (κ2) is 6.13. The van der Waals surface area contributed by atoms with E-state index in [-0.39, 0.29) is 17.0 Å². The minimum absolute atomic E-state index is 0.0425. The summed E-state index contributed by atoms with van der Waals surface area (Å²) in [4.78, 5) is 24.5. The van der Waals surface area contributed by atoms with Crippen molar-refractivity contribution in [2.24, 2.45) is 10.8 Å². The maximum absolute atomic E-state index is 12.6. The molecule has 0 aliphatic heterocycles. The number of hydrogen-bond donors (Lipinski definition) is 0. The van der Waals surface area contributed by atoms with Crippen LogP contribution in [0.5, 0.6) is 0 Å². The van der Waals surface area contributed by atoms with E-state index in [9.17, 15) is 9.59 Å². The van der Waals surface area contributed by atoms with Gasteiger partial charge in [-0.3, -0.25) is 9.59 Å². The number of benzene rings is 1. The molecule has 1 aromatic rings. The van der Waals surface area contributed by atoms with Crippen molar-refractivity contribution in [1.29, 1.82) is 0 Å². The standard InChI is InChI=1S/C19H26O2/c1-18(2)12-16(20)13-19(3,14-18)17(21)11-7-10-15-8-5-4-6-9-15/h4-6,8-9H,7,10-14H2,1-3H3. The van der Waals surface area contributed by atoms with Gasteiger partial charge in [0.1, 0.15) is 11.6 Å². The summed E-state index contributed by atoms with van der Waals surface area (Å²) in [5.74, 6) is 0.504. The first-order valence-electron chi connectivity index (χ1n) is 7.90. The van der Waals surface area contributed by atoms with Crippen molar-refractivity contribution >= 4 is 11.6 Å². The van der Waals surface area contributed by atoms with Crippen molar-refractivity contribution in [1.82, 2.24) is 0 Å². The summed E-state index contributed by atoms with van der Waals surface area (Å²) in [6.45, 7) is 6.18. The van der Waals surface area contributed by atoms with Gasteiger partial charge in [-0.05, 0) is 30.2 Å². The monoisotopic (exact) mass is 286 g/mol. The Morgan fingerprint density at radius 3 is 2.38 bits per heavy atom. The number of Topliss-reactive ketones (excluding diaryl/α,β-unsaturated/α-hetero) is 2. The van der Waals surface area contributed by atoms with Gasteiger partial charge < -0.3 is 0 Å². The van der Waals surface area contributed by atoms with Crippen LogP contribution in [0.4, 0.5) is 0 Å². The van der Waals surface area contributed by atoms with E-state index in [0.717, 1.165) is 19.3 Å². The van der Waals surface area contributed by atoms with Crippen LogP contribution in [0.25, 0.3) is 0 Å². The lowest BCUT2D eigenvalue weighted by molar-refractivity contribution is -0.140. The maximum Gasteiger partial charge on any atom is 0.139 e. The Hall–Kier alpha value is -1.44. The van der Waals surface area contributed by atoms with E-state index in [1.165, 1.54) is 5.56 Å². The molecule has 0 saturated heterocycles. The maximum atomic E-state index is 12.6. The fraction of sp³-hybridized carbons (Fsp3) is 0.579. The molecule has 0 N–H and O–H groups in total. The van der Waals surface area contributed by atoms with Gasteiger partial charge in [0, 0.05) is 24.7 Å². The van der Waals surface area contributed by atoms with Crippen molar-refractivity contribution in [3.63, 3.8) is 0 Å². The molecule has 0 radical (unpaired) electrons. The van der Waals surface area contributed by atoms with Gasteiger partial charge >= 0.3 is 0 Å². The van der Waals surface area contributed by atoms with E-state index in [0.29, 0.717) is 19.3 Å². The van der Waals surface area contributed by atoms with Crippen molar-refractivity contribution < 1.29 is 9.59 Å². The fourth-order valence-electron chi connectivity index (χ4n) is 3.81. The lowest BCUT2D eigenvalue weighted by Gasteiger charge is -2.40. The summed E-state index contributed by atoms with van der Waals surface area (Å²) in [5, 5.41) is 0. The molecule has 0 aromatic heterocycles. The van der Waals surface area contributed by atoms with Crippen LogP contribution in [-0.2, 0) is 16.0 Å². The fourth-order valence-corrected chi connectivity index (χ4v) is 3.81. The summed E-state index contributed by atoms with van der Waals surface area (Å²) < 4.78 is 0. The van der Waals surface area contributed by atoms with E-state index >= 15 is 0 Å². The first-order chi connectivity index (χ1) is 9.81. The van der Waals surface area contributed by atoms with Gasteiger partial charge in [0.15, 0.2) is 0 Å². The Bertz CT molecular complexity index is 516. The molecule has 1 atom stereocenters. The van der Waals surface area contributed by atoms with Crippen molar-refractivity contribution in [2.45, 2.75) is 59.3 Å². The molecule has 2 rings (SSSR count). The van der Waals surface area contributed by atoms with E-state index in [2.05, 4.69) is 26.0 Å².